The Morgan fingerprint density at radius 1 is 1.33 bits per heavy atom. The standard InChI is InChI=1S/C7H7BFN4O2/c1-12-4-3(10-6(8-9)11-4)5(14)13(2)7(12)15/h1-2H3,(H,10,11). The second-order valence-electron chi connectivity index (χ2n) is 3.14. The van der Waals surface area contributed by atoms with Gasteiger partial charge in [0.2, 0.25) is 0 Å². The van der Waals surface area contributed by atoms with Crippen LogP contribution in [0.1, 0.15) is 0 Å². The summed E-state index contributed by atoms with van der Waals surface area (Å²) in [7, 11) is 3.06. The first-order chi connectivity index (χ1) is 7.06. The average molecular weight is 209 g/mol. The number of hydrogen-bond donors (Lipinski definition) is 1. The number of imidazole rings is 1. The summed E-state index contributed by atoms with van der Waals surface area (Å²) in [6.07, 6.45) is 0. The molecule has 8 heteroatoms. The molecule has 2 aromatic heterocycles. The van der Waals surface area contributed by atoms with Crippen molar-refractivity contribution in [2.24, 2.45) is 14.1 Å². The first-order valence-electron chi connectivity index (χ1n) is 4.15. The number of aromatic amines is 1. The van der Waals surface area contributed by atoms with Gasteiger partial charge in [-0.25, -0.2) is 9.78 Å². The van der Waals surface area contributed by atoms with Gasteiger partial charge in [-0.2, -0.15) is 0 Å². The van der Waals surface area contributed by atoms with Crippen molar-refractivity contribution in [3.63, 3.8) is 0 Å². The maximum atomic E-state index is 12.2. The highest BCUT2D eigenvalue weighted by Crippen LogP contribution is 1.96. The summed E-state index contributed by atoms with van der Waals surface area (Å²) in [4.78, 5) is 29.3. The smallest absolute Gasteiger partial charge is 0.342 e. The molecule has 0 aromatic carbocycles. The molecule has 0 bridgehead atoms. The average Bonchev–Trinajstić information content (AvgIpc) is 2.67. The third-order valence-electron chi connectivity index (χ3n) is 2.22. The Labute approximate surface area is 83.7 Å². The lowest BCUT2D eigenvalue weighted by atomic mass is 10.1. The molecule has 0 saturated carbocycles. The molecule has 0 spiro atoms. The van der Waals surface area contributed by atoms with Crippen LogP contribution in [0.4, 0.5) is 4.32 Å². The lowest BCUT2D eigenvalue weighted by molar-refractivity contribution is 0.709. The fourth-order valence-electron chi connectivity index (χ4n) is 1.40. The minimum atomic E-state index is -0.520. The van der Waals surface area contributed by atoms with Crippen molar-refractivity contribution in [1.29, 1.82) is 0 Å². The quantitative estimate of drug-likeness (QED) is 0.561. The minimum absolute atomic E-state index is 0.0803. The maximum Gasteiger partial charge on any atom is 0.433 e. The van der Waals surface area contributed by atoms with Crippen molar-refractivity contribution in [3.05, 3.63) is 20.8 Å². The Morgan fingerprint density at radius 2 is 2.00 bits per heavy atom. The summed E-state index contributed by atoms with van der Waals surface area (Å²) in [5.41, 5.74) is -0.836. The molecule has 6 nitrogen and oxygen atoms in total. The second-order valence-corrected chi connectivity index (χ2v) is 3.14. The Bertz CT molecular complexity index is 641. The van der Waals surface area contributed by atoms with Gasteiger partial charge in [-0.05, 0) is 0 Å². The predicted octanol–water partition coefficient (Wildman–Crippen LogP) is -1.83. The van der Waals surface area contributed by atoms with Crippen molar-refractivity contribution in [3.8, 4) is 0 Å². The van der Waals surface area contributed by atoms with Gasteiger partial charge in [-0.15, -0.1) is 0 Å². The van der Waals surface area contributed by atoms with Crippen LogP contribution in [0.5, 0.6) is 0 Å². The molecule has 0 aliphatic carbocycles. The van der Waals surface area contributed by atoms with Crippen LogP contribution in [0.25, 0.3) is 11.2 Å². The number of nitrogens with one attached hydrogen (secondary N) is 1. The molecular formula is C7H7BFN4O2. The van der Waals surface area contributed by atoms with Crippen molar-refractivity contribution >= 4 is 24.4 Å². The number of rotatable bonds is 1. The largest absolute Gasteiger partial charge is 0.433 e. The molecular weight excluding hydrogens is 202 g/mol. The molecule has 2 heterocycles. The Balaban J connectivity index is 3.04. The summed E-state index contributed by atoms with van der Waals surface area (Å²) in [5, 5.41) is 0. The first-order valence-corrected chi connectivity index (χ1v) is 4.15. The Morgan fingerprint density at radius 3 is 2.60 bits per heavy atom. The van der Waals surface area contributed by atoms with Crippen molar-refractivity contribution in [2.45, 2.75) is 0 Å². The molecule has 0 aliphatic rings. The number of aryl methyl sites for hydroxylation is 1. The van der Waals surface area contributed by atoms with E-state index in [0.717, 1.165) is 4.57 Å². The molecule has 2 aromatic rings. The minimum Gasteiger partial charge on any atom is -0.342 e. The lowest BCUT2D eigenvalue weighted by Gasteiger charge is -2.00. The fourth-order valence-corrected chi connectivity index (χ4v) is 1.40. The van der Waals surface area contributed by atoms with Crippen LogP contribution in [0, 0.1) is 0 Å². The summed E-state index contributed by atoms with van der Waals surface area (Å²) in [5.74, 6) is 0. The zero-order chi connectivity index (χ0) is 11.2. The van der Waals surface area contributed by atoms with E-state index in [2.05, 4.69) is 9.97 Å². The third-order valence-corrected chi connectivity index (χ3v) is 2.22. The van der Waals surface area contributed by atoms with Crippen LogP contribution in [-0.2, 0) is 14.1 Å². The second kappa shape index (κ2) is 3.08. The molecule has 1 radical (unpaired) electrons. The van der Waals surface area contributed by atoms with Gasteiger partial charge < -0.3 is 9.30 Å². The maximum absolute atomic E-state index is 12.2. The SMILES string of the molecule is Cn1c(=O)c2[nH]c([B]F)nc2n(C)c1=O. The van der Waals surface area contributed by atoms with Crippen LogP contribution in [0.15, 0.2) is 9.59 Å². The van der Waals surface area contributed by atoms with Gasteiger partial charge in [0, 0.05) is 14.1 Å². The molecule has 0 fully saturated rings. The van der Waals surface area contributed by atoms with E-state index in [-0.39, 0.29) is 24.4 Å². The predicted molar refractivity (Wildman–Crippen MR) is 53.1 cm³/mol. The number of H-pyrrole nitrogens is 1. The van der Waals surface area contributed by atoms with Gasteiger partial charge in [0.05, 0.1) is 0 Å². The Kier molecular flexibility index (Phi) is 1.99. The van der Waals surface area contributed by atoms with Gasteiger partial charge in [-0.3, -0.25) is 13.9 Å². The van der Waals surface area contributed by atoms with Crippen molar-refractivity contribution < 1.29 is 4.32 Å². The zero-order valence-corrected chi connectivity index (χ0v) is 8.11. The van der Waals surface area contributed by atoms with E-state index in [0.29, 0.717) is 0 Å². The van der Waals surface area contributed by atoms with E-state index in [1.54, 1.807) is 0 Å². The molecule has 0 aliphatic heterocycles. The van der Waals surface area contributed by atoms with Gasteiger partial charge in [-0.1, -0.05) is 0 Å². The van der Waals surface area contributed by atoms with E-state index in [4.69, 9.17) is 0 Å². The molecule has 0 unspecified atom stereocenters. The summed E-state index contributed by atoms with van der Waals surface area (Å²) in [6.45, 7) is 0. The van der Waals surface area contributed by atoms with Crippen LogP contribution >= 0.6 is 0 Å². The van der Waals surface area contributed by atoms with E-state index in [9.17, 15) is 13.9 Å². The third kappa shape index (κ3) is 1.21. The number of fused-ring (bicyclic) bond motifs is 1. The number of nitrogens with zero attached hydrogens (tertiary/aromatic N) is 3. The number of aromatic nitrogens is 4. The highest BCUT2D eigenvalue weighted by Gasteiger charge is 2.13. The summed E-state index contributed by atoms with van der Waals surface area (Å²) >= 11 is 0. The molecule has 0 atom stereocenters. The summed E-state index contributed by atoms with van der Waals surface area (Å²) < 4.78 is 14.3. The molecule has 15 heavy (non-hydrogen) atoms. The van der Waals surface area contributed by atoms with Gasteiger partial charge in [0.1, 0.15) is 11.2 Å². The van der Waals surface area contributed by atoms with Gasteiger partial charge >= 0.3 is 13.2 Å². The molecule has 1 N–H and O–H groups in total. The van der Waals surface area contributed by atoms with Gasteiger partial charge in [0.15, 0.2) is 5.65 Å². The lowest BCUT2D eigenvalue weighted by Crippen LogP contribution is -2.36. The molecule has 0 saturated heterocycles. The first kappa shape index (κ1) is 9.69. The molecule has 77 valence electrons. The number of halogens is 1. The van der Waals surface area contributed by atoms with Crippen LogP contribution in [0.2, 0.25) is 0 Å². The monoisotopic (exact) mass is 209 g/mol. The number of hydrogen-bond acceptors (Lipinski definition) is 3. The van der Waals surface area contributed by atoms with E-state index in [1.807, 2.05) is 0 Å². The normalized spacial score (nSPS) is 10.9. The molecule has 2 rings (SSSR count). The zero-order valence-electron chi connectivity index (χ0n) is 8.11. The molecule has 0 amide bonds. The fraction of sp³-hybridized carbons (Fsp3) is 0.286. The highest BCUT2D eigenvalue weighted by molar-refractivity contribution is 6.44. The van der Waals surface area contributed by atoms with Crippen molar-refractivity contribution in [1.82, 2.24) is 19.1 Å². The highest BCUT2D eigenvalue weighted by atomic mass is 19.1. The topological polar surface area (TPSA) is 72.7 Å². The van der Waals surface area contributed by atoms with Crippen LogP contribution in [0.3, 0.4) is 0 Å². The van der Waals surface area contributed by atoms with Crippen molar-refractivity contribution in [2.75, 3.05) is 0 Å². The van der Waals surface area contributed by atoms with Crippen LogP contribution < -0.4 is 17.0 Å². The van der Waals surface area contributed by atoms with E-state index >= 15 is 0 Å². The van der Waals surface area contributed by atoms with Gasteiger partial charge in [0.25, 0.3) is 5.56 Å². The van der Waals surface area contributed by atoms with Crippen LogP contribution in [-0.4, -0.2) is 26.7 Å². The summed E-state index contributed by atoms with van der Waals surface area (Å²) in [6, 6.07) is 0. The van der Waals surface area contributed by atoms with E-state index in [1.165, 1.54) is 18.7 Å². The van der Waals surface area contributed by atoms with E-state index < -0.39 is 11.2 Å². The Hall–Kier alpha value is -1.86.